The van der Waals surface area contributed by atoms with Gasteiger partial charge in [0, 0.05) is 5.56 Å². The number of ether oxygens (including phenoxy) is 1. The molecule has 1 aromatic carbocycles. The summed E-state index contributed by atoms with van der Waals surface area (Å²) >= 11 is 1.83. The molecular weight excluding hydrogens is 395 g/mol. The van der Waals surface area contributed by atoms with Crippen LogP contribution in [0.25, 0.3) is 0 Å². The Kier molecular flexibility index (Phi) is 2.35. The van der Waals surface area contributed by atoms with Crippen LogP contribution < -0.4 is 7.80 Å². The molecule has 1 N–H and O–H groups in total. The molecule has 0 saturated heterocycles. The Labute approximate surface area is 142 Å². The maximum absolute atomic E-state index is 12.5. The molecule has 3 aliphatic carbocycles. The molecule has 1 fully saturated rings. The van der Waals surface area contributed by atoms with E-state index in [4.69, 9.17) is 7.80 Å². The van der Waals surface area contributed by atoms with Crippen molar-refractivity contribution in [2.75, 3.05) is 0 Å². The molecule has 4 aliphatic rings. The average molecular weight is 410 g/mol. The molecule has 0 aromatic heterocycles. The lowest BCUT2D eigenvalue weighted by atomic mass is 9.54. The Bertz CT molecular complexity index is 757. The predicted octanol–water partition coefficient (Wildman–Crippen LogP) is 2.81. The van der Waals surface area contributed by atoms with Gasteiger partial charge in [-0.25, -0.2) is 0 Å². The first-order valence-corrected chi connectivity index (χ1v) is 8.49. The molecule has 5 atom stereocenters. The molecule has 1 aromatic rings. The van der Waals surface area contributed by atoms with Crippen molar-refractivity contribution in [2.45, 2.75) is 42.8 Å². The van der Waals surface area contributed by atoms with E-state index < -0.39 is 17.1 Å². The first kappa shape index (κ1) is 13.4. The van der Waals surface area contributed by atoms with Crippen molar-refractivity contribution in [3.05, 3.63) is 35.4 Å². The van der Waals surface area contributed by atoms with Crippen LogP contribution in [-0.4, -0.2) is 22.6 Å². The Morgan fingerprint density at radius 1 is 1.45 bits per heavy atom. The Morgan fingerprint density at radius 2 is 2.27 bits per heavy atom. The van der Waals surface area contributed by atoms with Crippen LogP contribution in [0.4, 0.5) is 0 Å². The highest BCUT2D eigenvalue weighted by Gasteiger charge is 2.72. The van der Waals surface area contributed by atoms with Crippen molar-refractivity contribution >= 4 is 28.8 Å². The van der Waals surface area contributed by atoms with E-state index in [9.17, 15) is 9.90 Å². The highest BCUT2D eigenvalue weighted by molar-refractivity contribution is 14.1. The van der Waals surface area contributed by atoms with Gasteiger partial charge in [0.25, 0.3) is 0 Å². The van der Waals surface area contributed by atoms with Gasteiger partial charge < -0.3 is 12.9 Å². The molecule has 1 aliphatic heterocycles. The fourth-order valence-corrected chi connectivity index (χ4v) is 5.70. The van der Waals surface area contributed by atoms with Gasteiger partial charge in [-0.05, 0) is 48.5 Å². The molecule has 0 radical (unpaired) electrons. The third kappa shape index (κ3) is 1.17. The lowest BCUT2D eigenvalue weighted by molar-refractivity contribution is -0.140. The monoisotopic (exact) mass is 410 g/mol. The van der Waals surface area contributed by atoms with Crippen LogP contribution in [0, 0.1) is 5.92 Å². The molecule has 1 spiro atoms. The minimum Gasteiger partial charge on any atom is -0.477 e. The maximum Gasteiger partial charge on any atom is 0.196 e. The second kappa shape index (κ2) is 3.87. The minimum absolute atomic E-state index is 0.0546. The fourth-order valence-electron chi connectivity index (χ4n) is 5.35. The van der Waals surface area contributed by atoms with E-state index >= 15 is 0 Å². The number of rotatable bonds is 1. The smallest absolute Gasteiger partial charge is 0.196 e. The predicted molar refractivity (Wildman–Crippen MR) is 87.4 cm³/mol. The SMILES string of the molecule is C[C@H]1CC2C[C@]34c5c2ccc(OI)c5OC3C(=O)C=CC14O. The number of hydrogen-bond acceptors (Lipinski definition) is 4. The summed E-state index contributed by atoms with van der Waals surface area (Å²) in [6.07, 6.45) is 4.30. The molecule has 4 nitrogen and oxygen atoms in total. The zero-order valence-corrected chi connectivity index (χ0v) is 14.2. The number of fused-ring (bicyclic) bond motifs is 2. The van der Waals surface area contributed by atoms with Crippen LogP contribution in [0.1, 0.15) is 36.8 Å². The van der Waals surface area contributed by atoms with Gasteiger partial charge in [-0.2, -0.15) is 0 Å². The quantitative estimate of drug-likeness (QED) is 0.724. The van der Waals surface area contributed by atoms with E-state index in [-0.39, 0.29) is 11.7 Å². The van der Waals surface area contributed by atoms with E-state index in [1.54, 1.807) is 6.08 Å². The first-order chi connectivity index (χ1) is 10.5. The van der Waals surface area contributed by atoms with Crippen molar-refractivity contribution in [1.29, 1.82) is 0 Å². The molecule has 5 heteroatoms. The van der Waals surface area contributed by atoms with Crippen LogP contribution in [-0.2, 0) is 10.2 Å². The van der Waals surface area contributed by atoms with Crippen molar-refractivity contribution in [2.24, 2.45) is 5.92 Å². The molecule has 22 heavy (non-hydrogen) atoms. The van der Waals surface area contributed by atoms with Gasteiger partial charge in [0.05, 0.1) is 11.0 Å². The number of ketones is 1. The standard InChI is InChI=1S/C17H15IO4/c1-8-6-9-7-16-13-10(9)2-3-12(22-18)14(13)21-15(16)11(19)4-5-17(8,16)20/h2-5,8-9,15,20H,6-7H2,1H3/t8-,9?,15?,16-,17?/m0/s1. The van der Waals surface area contributed by atoms with Crippen LogP contribution >= 0.6 is 23.0 Å². The number of carbonyl (C=O) groups excluding carboxylic acids is 1. The van der Waals surface area contributed by atoms with E-state index in [0.717, 1.165) is 18.4 Å². The molecule has 2 bridgehead atoms. The molecular formula is C17H15IO4. The zero-order valence-electron chi connectivity index (χ0n) is 12.0. The third-order valence-corrected chi connectivity index (χ3v) is 6.71. The first-order valence-electron chi connectivity index (χ1n) is 7.61. The second-order valence-corrected chi connectivity index (χ2v) is 7.44. The molecule has 114 valence electrons. The fraction of sp³-hybridized carbons (Fsp3) is 0.471. The van der Waals surface area contributed by atoms with Gasteiger partial charge in [-0.1, -0.05) is 13.0 Å². The van der Waals surface area contributed by atoms with E-state index in [2.05, 4.69) is 13.0 Å². The molecule has 1 heterocycles. The van der Waals surface area contributed by atoms with Gasteiger partial charge in [-0.3, -0.25) is 4.79 Å². The topological polar surface area (TPSA) is 55.8 Å². The van der Waals surface area contributed by atoms with Crippen LogP contribution in [0.2, 0.25) is 0 Å². The minimum atomic E-state index is -1.03. The average Bonchev–Trinajstić information content (AvgIpc) is 3.00. The number of carbonyl (C=O) groups is 1. The summed E-state index contributed by atoms with van der Waals surface area (Å²) in [5.41, 5.74) is 0.571. The van der Waals surface area contributed by atoms with Gasteiger partial charge in [0.15, 0.2) is 46.4 Å². The Morgan fingerprint density at radius 3 is 3.05 bits per heavy atom. The lowest BCUT2D eigenvalue weighted by Gasteiger charge is -2.52. The number of hydrogen-bond donors (Lipinski definition) is 1. The lowest BCUT2D eigenvalue weighted by Crippen LogP contribution is -2.64. The highest BCUT2D eigenvalue weighted by Crippen LogP contribution is 2.69. The van der Waals surface area contributed by atoms with Crippen molar-refractivity contribution in [3.63, 3.8) is 0 Å². The number of benzene rings is 1. The summed E-state index contributed by atoms with van der Waals surface area (Å²) in [5, 5.41) is 11.5. The van der Waals surface area contributed by atoms with E-state index in [1.807, 2.05) is 29.1 Å². The summed E-state index contributed by atoms with van der Waals surface area (Å²) < 4.78 is 11.5. The normalized spacial score (nSPS) is 43.0. The molecule has 5 rings (SSSR count). The Hall–Kier alpha value is -1.08. The van der Waals surface area contributed by atoms with Gasteiger partial charge in [0.2, 0.25) is 0 Å². The third-order valence-electron chi connectivity index (χ3n) is 6.24. The Balaban J connectivity index is 1.90. The van der Waals surface area contributed by atoms with Crippen LogP contribution in [0.15, 0.2) is 24.3 Å². The molecule has 0 amide bonds. The van der Waals surface area contributed by atoms with Crippen molar-refractivity contribution in [3.8, 4) is 11.5 Å². The molecule has 3 unspecified atom stereocenters. The second-order valence-electron chi connectivity index (χ2n) is 7.00. The molecule has 1 saturated carbocycles. The van der Waals surface area contributed by atoms with Crippen LogP contribution in [0.5, 0.6) is 11.5 Å². The summed E-state index contributed by atoms with van der Waals surface area (Å²) in [6, 6.07) is 4.00. The number of aliphatic hydroxyl groups is 1. The maximum atomic E-state index is 12.5. The van der Waals surface area contributed by atoms with Crippen molar-refractivity contribution in [1.82, 2.24) is 0 Å². The van der Waals surface area contributed by atoms with Crippen molar-refractivity contribution < 1.29 is 17.7 Å². The van der Waals surface area contributed by atoms with Crippen LogP contribution in [0.3, 0.4) is 0 Å². The summed E-state index contributed by atoms with van der Waals surface area (Å²) in [4.78, 5) is 12.5. The largest absolute Gasteiger partial charge is 0.477 e. The highest BCUT2D eigenvalue weighted by atomic mass is 127. The van der Waals surface area contributed by atoms with Gasteiger partial charge in [-0.15, -0.1) is 0 Å². The number of halogens is 1. The van der Waals surface area contributed by atoms with Gasteiger partial charge >= 0.3 is 0 Å². The van der Waals surface area contributed by atoms with E-state index in [0.29, 0.717) is 17.4 Å². The van der Waals surface area contributed by atoms with E-state index in [1.165, 1.54) is 11.6 Å². The van der Waals surface area contributed by atoms with Gasteiger partial charge in [0.1, 0.15) is 0 Å². The summed E-state index contributed by atoms with van der Waals surface area (Å²) in [7, 11) is 0. The zero-order chi connectivity index (χ0) is 15.3. The summed E-state index contributed by atoms with van der Waals surface area (Å²) in [6.45, 7) is 2.07. The summed E-state index contributed by atoms with van der Waals surface area (Å²) in [5.74, 6) is 1.71.